The van der Waals surface area contributed by atoms with Crippen LogP contribution in [0.5, 0.6) is 0 Å². The molecule has 1 saturated carbocycles. The van der Waals surface area contributed by atoms with E-state index in [4.69, 9.17) is 5.11 Å². The highest BCUT2D eigenvalue weighted by Crippen LogP contribution is 2.27. The summed E-state index contributed by atoms with van der Waals surface area (Å²) in [5, 5.41) is 12.2. The molecule has 0 bridgehead atoms. The highest BCUT2D eigenvalue weighted by molar-refractivity contribution is 5.99. The average molecular weight is 277 g/mol. The van der Waals surface area contributed by atoms with Gasteiger partial charge in [-0.15, -0.1) is 0 Å². The SMILES string of the molecule is CCNc1cnccc1C(=O)N(CCCO)C1CCC1. The number of carbonyl (C=O) groups excluding carboxylic acids is 1. The number of nitrogens with zero attached hydrogens (tertiary/aromatic N) is 2. The van der Waals surface area contributed by atoms with Crippen molar-refractivity contribution in [3.63, 3.8) is 0 Å². The Morgan fingerprint density at radius 1 is 1.55 bits per heavy atom. The molecule has 0 spiro atoms. The van der Waals surface area contributed by atoms with E-state index in [9.17, 15) is 4.79 Å². The van der Waals surface area contributed by atoms with Crippen LogP contribution < -0.4 is 5.32 Å². The van der Waals surface area contributed by atoms with Crippen LogP contribution in [0.3, 0.4) is 0 Å². The molecule has 5 heteroatoms. The maximum Gasteiger partial charge on any atom is 0.256 e. The number of rotatable bonds is 7. The van der Waals surface area contributed by atoms with Gasteiger partial charge in [-0.05, 0) is 38.7 Å². The lowest BCUT2D eigenvalue weighted by molar-refractivity contribution is 0.0563. The van der Waals surface area contributed by atoms with Crippen molar-refractivity contribution in [3.8, 4) is 0 Å². The fourth-order valence-electron chi connectivity index (χ4n) is 2.46. The molecule has 1 fully saturated rings. The molecule has 0 aliphatic heterocycles. The number of pyridine rings is 1. The lowest BCUT2D eigenvalue weighted by atomic mass is 9.90. The molecular formula is C15H23N3O2. The van der Waals surface area contributed by atoms with Crippen LogP contribution in [0.4, 0.5) is 5.69 Å². The molecular weight excluding hydrogens is 254 g/mol. The van der Waals surface area contributed by atoms with Gasteiger partial charge >= 0.3 is 0 Å². The third kappa shape index (κ3) is 3.28. The van der Waals surface area contributed by atoms with Crippen LogP contribution in [0.15, 0.2) is 18.5 Å². The summed E-state index contributed by atoms with van der Waals surface area (Å²) >= 11 is 0. The minimum Gasteiger partial charge on any atom is -0.396 e. The molecule has 1 aliphatic rings. The molecule has 0 saturated heterocycles. The quantitative estimate of drug-likeness (QED) is 0.799. The highest BCUT2D eigenvalue weighted by atomic mass is 16.3. The number of carbonyl (C=O) groups is 1. The molecule has 0 aromatic carbocycles. The number of aliphatic hydroxyl groups is 1. The number of anilines is 1. The summed E-state index contributed by atoms with van der Waals surface area (Å²) in [7, 11) is 0. The van der Waals surface area contributed by atoms with Crippen molar-refractivity contribution in [1.82, 2.24) is 9.88 Å². The second-order valence-electron chi connectivity index (χ2n) is 5.11. The topological polar surface area (TPSA) is 65.5 Å². The maximum atomic E-state index is 12.8. The predicted molar refractivity (Wildman–Crippen MR) is 78.8 cm³/mol. The van der Waals surface area contributed by atoms with Gasteiger partial charge in [0.25, 0.3) is 5.91 Å². The van der Waals surface area contributed by atoms with Gasteiger partial charge in [0.05, 0.1) is 17.4 Å². The smallest absolute Gasteiger partial charge is 0.256 e. The van der Waals surface area contributed by atoms with Crippen molar-refractivity contribution in [3.05, 3.63) is 24.0 Å². The van der Waals surface area contributed by atoms with E-state index in [-0.39, 0.29) is 12.5 Å². The summed E-state index contributed by atoms with van der Waals surface area (Å²) in [4.78, 5) is 18.7. The standard InChI is InChI=1S/C15H23N3O2/c1-2-17-14-11-16-8-7-13(14)15(20)18(9-4-10-19)12-5-3-6-12/h7-8,11-12,17,19H,2-6,9-10H2,1H3. The van der Waals surface area contributed by atoms with Gasteiger partial charge in [0.1, 0.15) is 0 Å². The lowest BCUT2D eigenvalue weighted by Crippen LogP contribution is -2.45. The van der Waals surface area contributed by atoms with Crippen LogP contribution in [0.2, 0.25) is 0 Å². The van der Waals surface area contributed by atoms with Crippen molar-refractivity contribution in [2.75, 3.05) is 25.0 Å². The number of amides is 1. The zero-order chi connectivity index (χ0) is 14.4. The summed E-state index contributed by atoms with van der Waals surface area (Å²) in [5.74, 6) is 0.0431. The molecule has 5 nitrogen and oxygen atoms in total. The largest absolute Gasteiger partial charge is 0.396 e. The fraction of sp³-hybridized carbons (Fsp3) is 0.600. The molecule has 0 unspecified atom stereocenters. The van der Waals surface area contributed by atoms with Crippen LogP contribution in [0, 0.1) is 0 Å². The molecule has 1 heterocycles. The molecule has 0 atom stereocenters. The van der Waals surface area contributed by atoms with Crippen LogP contribution in [0.25, 0.3) is 0 Å². The lowest BCUT2D eigenvalue weighted by Gasteiger charge is -2.38. The van der Waals surface area contributed by atoms with Crippen molar-refractivity contribution >= 4 is 11.6 Å². The Bertz CT molecular complexity index is 446. The number of hydrogen-bond donors (Lipinski definition) is 2. The second-order valence-corrected chi connectivity index (χ2v) is 5.11. The summed E-state index contributed by atoms with van der Waals surface area (Å²) < 4.78 is 0. The maximum absolute atomic E-state index is 12.8. The Morgan fingerprint density at radius 3 is 2.95 bits per heavy atom. The number of aromatic nitrogens is 1. The average Bonchev–Trinajstić information content (AvgIpc) is 2.41. The molecule has 2 N–H and O–H groups in total. The van der Waals surface area contributed by atoms with Crippen molar-refractivity contribution < 1.29 is 9.90 Å². The zero-order valence-electron chi connectivity index (χ0n) is 12.0. The Labute approximate surface area is 120 Å². The number of nitrogens with one attached hydrogen (secondary N) is 1. The molecule has 1 amide bonds. The normalized spacial score (nSPS) is 14.7. The van der Waals surface area contributed by atoms with Crippen molar-refractivity contribution in [2.24, 2.45) is 0 Å². The summed E-state index contributed by atoms with van der Waals surface area (Å²) in [6.07, 6.45) is 7.30. The van der Waals surface area contributed by atoms with Crippen LogP contribution >= 0.6 is 0 Å². The van der Waals surface area contributed by atoms with Gasteiger partial charge in [-0.1, -0.05) is 0 Å². The van der Waals surface area contributed by atoms with Gasteiger partial charge in [-0.2, -0.15) is 0 Å². The van der Waals surface area contributed by atoms with E-state index in [2.05, 4.69) is 10.3 Å². The van der Waals surface area contributed by atoms with Crippen LogP contribution in [-0.4, -0.2) is 46.6 Å². The Kier molecular flexibility index (Phi) is 5.35. The Hall–Kier alpha value is -1.62. The second kappa shape index (κ2) is 7.24. The third-order valence-corrected chi connectivity index (χ3v) is 3.75. The van der Waals surface area contributed by atoms with Gasteiger partial charge < -0.3 is 15.3 Å². The van der Waals surface area contributed by atoms with E-state index in [0.29, 0.717) is 24.6 Å². The summed E-state index contributed by atoms with van der Waals surface area (Å²) in [6, 6.07) is 2.10. The van der Waals surface area contributed by atoms with Gasteiger partial charge in [0.15, 0.2) is 0 Å². The summed E-state index contributed by atoms with van der Waals surface area (Å²) in [6.45, 7) is 3.49. The van der Waals surface area contributed by atoms with E-state index in [1.165, 1.54) is 6.42 Å². The van der Waals surface area contributed by atoms with E-state index in [0.717, 1.165) is 25.1 Å². The minimum absolute atomic E-state index is 0.0431. The molecule has 20 heavy (non-hydrogen) atoms. The number of aliphatic hydroxyl groups excluding tert-OH is 1. The minimum atomic E-state index is 0.0431. The van der Waals surface area contributed by atoms with Crippen molar-refractivity contribution in [2.45, 2.75) is 38.6 Å². The fourth-order valence-corrected chi connectivity index (χ4v) is 2.46. The van der Waals surface area contributed by atoms with E-state index < -0.39 is 0 Å². The van der Waals surface area contributed by atoms with Crippen LogP contribution in [-0.2, 0) is 0 Å². The highest BCUT2D eigenvalue weighted by Gasteiger charge is 2.29. The molecule has 1 aromatic heterocycles. The van der Waals surface area contributed by atoms with Crippen LogP contribution in [0.1, 0.15) is 43.0 Å². The first kappa shape index (κ1) is 14.8. The molecule has 1 aromatic rings. The Balaban J connectivity index is 2.17. The van der Waals surface area contributed by atoms with Gasteiger partial charge in [-0.3, -0.25) is 9.78 Å². The first-order valence-electron chi connectivity index (χ1n) is 7.37. The monoisotopic (exact) mass is 277 g/mol. The molecule has 110 valence electrons. The van der Waals surface area contributed by atoms with Crippen molar-refractivity contribution in [1.29, 1.82) is 0 Å². The zero-order valence-corrected chi connectivity index (χ0v) is 12.0. The molecule has 2 rings (SSSR count). The van der Waals surface area contributed by atoms with Gasteiger partial charge in [-0.25, -0.2) is 0 Å². The van der Waals surface area contributed by atoms with Gasteiger partial charge in [0.2, 0.25) is 0 Å². The predicted octanol–water partition coefficient (Wildman–Crippen LogP) is 1.89. The van der Waals surface area contributed by atoms with E-state index in [1.54, 1.807) is 18.5 Å². The third-order valence-electron chi connectivity index (χ3n) is 3.75. The first-order valence-corrected chi connectivity index (χ1v) is 7.37. The number of hydrogen-bond acceptors (Lipinski definition) is 4. The summed E-state index contributed by atoms with van der Waals surface area (Å²) in [5.41, 5.74) is 1.46. The van der Waals surface area contributed by atoms with E-state index >= 15 is 0 Å². The first-order chi connectivity index (χ1) is 9.77. The Morgan fingerprint density at radius 2 is 2.35 bits per heavy atom. The molecule has 1 aliphatic carbocycles. The van der Waals surface area contributed by atoms with Gasteiger partial charge in [0, 0.05) is 31.9 Å². The van der Waals surface area contributed by atoms with E-state index in [1.807, 2.05) is 11.8 Å². The molecule has 0 radical (unpaired) electrons.